The van der Waals surface area contributed by atoms with Gasteiger partial charge in [-0.05, 0) is 24.0 Å². The standard InChI is InChI=1S/C19H25N5O/c1-12(2)14-6-4-5-7-15(14)13(3)23-19(25)24-9-8-17-16(10-24)18(20)22-11-21-17/h4-7,11-13H,8-10H2,1-3H3,(H,23,25)(H2,20,21,22). The summed E-state index contributed by atoms with van der Waals surface area (Å²) < 4.78 is 0. The van der Waals surface area contributed by atoms with Gasteiger partial charge >= 0.3 is 6.03 Å². The predicted molar refractivity (Wildman–Crippen MR) is 98.0 cm³/mol. The van der Waals surface area contributed by atoms with Gasteiger partial charge in [0.15, 0.2) is 0 Å². The van der Waals surface area contributed by atoms with Crippen molar-refractivity contribution in [3.05, 3.63) is 53.0 Å². The van der Waals surface area contributed by atoms with Gasteiger partial charge in [-0.3, -0.25) is 0 Å². The van der Waals surface area contributed by atoms with Gasteiger partial charge in [0.25, 0.3) is 0 Å². The fourth-order valence-corrected chi connectivity index (χ4v) is 3.32. The molecule has 0 fully saturated rings. The summed E-state index contributed by atoms with van der Waals surface area (Å²) in [4.78, 5) is 22.8. The lowest BCUT2D eigenvalue weighted by Crippen LogP contribution is -2.44. The second-order valence-electron chi connectivity index (χ2n) is 6.81. The first-order valence-electron chi connectivity index (χ1n) is 8.70. The molecule has 3 rings (SSSR count). The van der Waals surface area contributed by atoms with Gasteiger partial charge in [0.1, 0.15) is 12.1 Å². The van der Waals surface area contributed by atoms with Gasteiger partial charge < -0.3 is 16.0 Å². The number of aromatic nitrogens is 2. The Morgan fingerprint density at radius 1 is 1.20 bits per heavy atom. The minimum absolute atomic E-state index is 0.0585. The van der Waals surface area contributed by atoms with E-state index in [2.05, 4.69) is 41.3 Å². The first kappa shape index (κ1) is 17.2. The number of hydrogen-bond acceptors (Lipinski definition) is 4. The van der Waals surface area contributed by atoms with Crippen LogP contribution in [0.4, 0.5) is 10.6 Å². The maximum Gasteiger partial charge on any atom is 0.318 e. The van der Waals surface area contributed by atoms with Crippen molar-refractivity contribution < 1.29 is 4.79 Å². The molecule has 3 N–H and O–H groups in total. The SMILES string of the molecule is CC(C)c1ccccc1C(C)NC(=O)N1CCc2ncnc(N)c2C1. The number of benzene rings is 1. The average Bonchev–Trinajstić information content (AvgIpc) is 2.61. The highest BCUT2D eigenvalue weighted by atomic mass is 16.2. The van der Waals surface area contributed by atoms with Crippen molar-refractivity contribution >= 4 is 11.8 Å². The molecule has 2 heterocycles. The maximum absolute atomic E-state index is 12.7. The van der Waals surface area contributed by atoms with Crippen LogP contribution in [0.2, 0.25) is 0 Å². The number of nitrogen functional groups attached to an aromatic ring is 1. The van der Waals surface area contributed by atoms with Crippen LogP contribution >= 0.6 is 0 Å². The van der Waals surface area contributed by atoms with Crippen LogP contribution in [-0.2, 0) is 13.0 Å². The second-order valence-corrected chi connectivity index (χ2v) is 6.81. The number of urea groups is 1. The van der Waals surface area contributed by atoms with Crippen LogP contribution in [0.1, 0.15) is 55.1 Å². The molecule has 0 spiro atoms. The number of amides is 2. The summed E-state index contributed by atoms with van der Waals surface area (Å²) in [7, 11) is 0. The number of nitrogens with two attached hydrogens (primary N) is 1. The Bertz CT molecular complexity index is 774. The first-order valence-corrected chi connectivity index (χ1v) is 8.70. The fourth-order valence-electron chi connectivity index (χ4n) is 3.32. The van der Waals surface area contributed by atoms with E-state index in [1.54, 1.807) is 4.90 Å². The van der Waals surface area contributed by atoms with Crippen molar-refractivity contribution in [2.45, 2.75) is 45.7 Å². The van der Waals surface area contributed by atoms with Crippen LogP contribution in [0.25, 0.3) is 0 Å². The Morgan fingerprint density at radius 2 is 1.92 bits per heavy atom. The van der Waals surface area contributed by atoms with Gasteiger partial charge in [0.2, 0.25) is 0 Å². The molecular weight excluding hydrogens is 314 g/mol. The van der Waals surface area contributed by atoms with E-state index in [0.717, 1.165) is 16.8 Å². The number of hydrogen-bond donors (Lipinski definition) is 2. The molecule has 1 aromatic carbocycles. The Balaban J connectivity index is 1.72. The smallest absolute Gasteiger partial charge is 0.318 e. The fraction of sp³-hybridized carbons (Fsp3) is 0.421. The Morgan fingerprint density at radius 3 is 2.64 bits per heavy atom. The summed E-state index contributed by atoms with van der Waals surface area (Å²) in [6.45, 7) is 7.43. The number of rotatable bonds is 3. The molecule has 0 saturated heterocycles. The maximum atomic E-state index is 12.7. The number of nitrogens with one attached hydrogen (secondary N) is 1. The molecular formula is C19H25N5O. The van der Waals surface area contributed by atoms with E-state index < -0.39 is 0 Å². The van der Waals surface area contributed by atoms with E-state index in [9.17, 15) is 4.79 Å². The van der Waals surface area contributed by atoms with Crippen LogP contribution in [0, 0.1) is 0 Å². The molecule has 2 aromatic rings. The summed E-state index contributed by atoms with van der Waals surface area (Å²) in [6, 6.07) is 8.11. The molecule has 1 aliphatic rings. The topological polar surface area (TPSA) is 84.1 Å². The van der Waals surface area contributed by atoms with E-state index in [4.69, 9.17) is 5.73 Å². The summed E-state index contributed by atoms with van der Waals surface area (Å²) in [5, 5.41) is 3.12. The predicted octanol–water partition coefficient (Wildman–Crippen LogP) is 3.01. The third-order valence-electron chi connectivity index (χ3n) is 4.75. The number of anilines is 1. The minimum Gasteiger partial charge on any atom is -0.383 e. The molecule has 6 nitrogen and oxygen atoms in total. The van der Waals surface area contributed by atoms with E-state index in [-0.39, 0.29) is 12.1 Å². The van der Waals surface area contributed by atoms with Crippen molar-refractivity contribution in [3.63, 3.8) is 0 Å². The zero-order chi connectivity index (χ0) is 18.0. The van der Waals surface area contributed by atoms with Crippen molar-refractivity contribution in [2.24, 2.45) is 0 Å². The number of carbonyl (C=O) groups is 1. The van der Waals surface area contributed by atoms with Gasteiger partial charge in [-0.25, -0.2) is 14.8 Å². The van der Waals surface area contributed by atoms with Gasteiger partial charge in [-0.15, -0.1) is 0 Å². The van der Waals surface area contributed by atoms with E-state index >= 15 is 0 Å². The molecule has 0 radical (unpaired) electrons. The van der Waals surface area contributed by atoms with Gasteiger partial charge in [-0.2, -0.15) is 0 Å². The molecule has 2 amide bonds. The molecule has 0 saturated carbocycles. The van der Waals surface area contributed by atoms with Gasteiger partial charge in [0.05, 0.1) is 18.3 Å². The van der Waals surface area contributed by atoms with Crippen LogP contribution < -0.4 is 11.1 Å². The molecule has 25 heavy (non-hydrogen) atoms. The van der Waals surface area contributed by atoms with E-state index in [1.165, 1.54) is 11.9 Å². The van der Waals surface area contributed by atoms with Gasteiger partial charge in [-0.1, -0.05) is 38.1 Å². The zero-order valence-corrected chi connectivity index (χ0v) is 15.0. The minimum atomic E-state index is -0.0834. The number of fused-ring (bicyclic) bond motifs is 1. The summed E-state index contributed by atoms with van der Waals surface area (Å²) >= 11 is 0. The van der Waals surface area contributed by atoms with Crippen molar-refractivity contribution in [3.8, 4) is 0 Å². The highest BCUT2D eigenvalue weighted by Gasteiger charge is 2.25. The molecule has 0 aliphatic carbocycles. The monoisotopic (exact) mass is 339 g/mol. The lowest BCUT2D eigenvalue weighted by atomic mass is 9.93. The van der Waals surface area contributed by atoms with Crippen molar-refractivity contribution in [1.29, 1.82) is 0 Å². The first-order chi connectivity index (χ1) is 12.0. The zero-order valence-electron chi connectivity index (χ0n) is 15.0. The lowest BCUT2D eigenvalue weighted by Gasteiger charge is -2.30. The number of nitrogens with zero attached hydrogens (tertiary/aromatic N) is 3. The van der Waals surface area contributed by atoms with Crippen LogP contribution in [-0.4, -0.2) is 27.4 Å². The van der Waals surface area contributed by atoms with Crippen molar-refractivity contribution in [1.82, 2.24) is 20.2 Å². The van der Waals surface area contributed by atoms with Gasteiger partial charge in [0, 0.05) is 18.5 Å². The molecule has 6 heteroatoms. The summed E-state index contributed by atoms with van der Waals surface area (Å²) in [6.07, 6.45) is 2.18. The van der Waals surface area contributed by atoms with Crippen LogP contribution in [0.5, 0.6) is 0 Å². The molecule has 1 atom stereocenters. The highest BCUT2D eigenvalue weighted by molar-refractivity contribution is 5.75. The molecule has 0 bridgehead atoms. The molecule has 1 unspecified atom stereocenters. The quantitative estimate of drug-likeness (QED) is 0.900. The average molecular weight is 339 g/mol. The lowest BCUT2D eigenvalue weighted by molar-refractivity contribution is 0.188. The molecule has 1 aromatic heterocycles. The Hall–Kier alpha value is -2.63. The number of carbonyl (C=O) groups excluding carboxylic acids is 1. The van der Waals surface area contributed by atoms with Crippen LogP contribution in [0.15, 0.2) is 30.6 Å². The van der Waals surface area contributed by atoms with E-state index in [1.807, 2.05) is 19.1 Å². The third-order valence-corrected chi connectivity index (χ3v) is 4.75. The van der Waals surface area contributed by atoms with E-state index in [0.29, 0.717) is 31.2 Å². The second kappa shape index (κ2) is 7.09. The molecule has 1 aliphatic heterocycles. The Labute approximate surface area is 148 Å². The normalized spacial score (nSPS) is 15.0. The Kier molecular flexibility index (Phi) is 4.88. The summed E-state index contributed by atoms with van der Waals surface area (Å²) in [5.74, 6) is 0.870. The van der Waals surface area contributed by atoms with Crippen molar-refractivity contribution in [2.75, 3.05) is 12.3 Å². The third kappa shape index (κ3) is 3.57. The summed E-state index contributed by atoms with van der Waals surface area (Å²) in [5.41, 5.74) is 10.2. The highest BCUT2D eigenvalue weighted by Crippen LogP contribution is 2.25. The van der Waals surface area contributed by atoms with Crippen LogP contribution in [0.3, 0.4) is 0 Å². The molecule has 132 valence electrons. The largest absolute Gasteiger partial charge is 0.383 e.